The fourth-order valence-electron chi connectivity index (χ4n) is 2.56. The first-order valence-corrected chi connectivity index (χ1v) is 8.53. The Morgan fingerprint density at radius 2 is 1.79 bits per heavy atom. The summed E-state index contributed by atoms with van der Waals surface area (Å²) in [5.41, 5.74) is -0.894. The highest BCUT2D eigenvalue weighted by molar-refractivity contribution is 5.88. The van der Waals surface area contributed by atoms with Crippen LogP contribution in [0.3, 0.4) is 0 Å². The molecule has 0 bridgehead atoms. The largest absolute Gasteiger partial charge is 0.508 e. The Hall–Kier alpha value is -3.88. The number of hydrogen-bond donors (Lipinski definition) is 4. The van der Waals surface area contributed by atoms with Crippen molar-refractivity contribution >= 4 is 16.9 Å². The molecule has 0 amide bonds. The van der Waals surface area contributed by atoms with Gasteiger partial charge in [-0.2, -0.15) is 0 Å². The zero-order valence-electron chi connectivity index (χ0n) is 15.5. The van der Waals surface area contributed by atoms with Gasteiger partial charge in [0.05, 0.1) is 5.92 Å². The van der Waals surface area contributed by atoms with Crippen molar-refractivity contribution in [3.8, 4) is 40.1 Å². The predicted molar refractivity (Wildman–Crippen MR) is 101 cm³/mol. The molecule has 9 heteroatoms. The van der Waals surface area contributed by atoms with E-state index in [-0.39, 0.29) is 45.5 Å². The van der Waals surface area contributed by atoms with E-state index in [4.69, 9.17) is 13.9 Å². The van der Waals surface area contributed by atoms with Crippen LogP contribution in [-0.4, -0.2) is 33.2 Å². The molecular weight excluding hydrogens is 384 g/mol. The highest BCUT2D eigenvalue weighted by Crippen LogP contribution is 2.38. The highest BCUT2D eigenvalue weighted by Gasteiger charge is 2.20. The average Bonchev–Trinajstić information content (AvgIpc) is 2.65. The maximum atomic E-state index is 12.4. The lowest BCUT2D eigenvalue weighted by atomic mass is 10.1. The first-order chi connectivity index (χ1) is 13.7. The molecule has 0 aliphatic rings. The SMILES string of the molecule is CC(C)C(=O)OCOc1cc(-c2oc3cc(O)cc(O)c3c(=O)c2O)ccc1O. The summed E-state index contributed by atoms with van der Waals surface area (Å²) in [7, 11) is 0. The molecule has 1 heterocycles. The third-order valence-electron chi connectivity index (χ3n) is 4.04. The smallest absolute Gasteiger partial charge is 0.311 e. The third kappa shape index (κ3) is 3.88. The van der Waals surface area contributed by atoms with E-state index in [0.29, 0.717) is 0 Å². The van der Waals surface area contributed by atoms with Gasteiger partial charge in [-0.1, -0.05) is 13.8 Å². The van der Waals surface area contributed by atoms with Crippen LogP contribution in [0.1, 0.15) is 13.8 Å². The number of fused-ring (bicyclic) bond motifs is 1. The van der Waals surface area contributed by atoms with E-state index in [1.54, 1.807) is 13.8 Å². The number of rotatable bonds is 5. The average molecular weight is 402 g/mol. The number of esters is 1. The molecule has 3 rings (SSSR count). The molecule has 29 heavy (non-hydrogen) atoms. The van der Waals surface area contributed by atoms with Gasteiger partial charge in [0.15, 0.2) is 17.3 Å². The summed E-state index contributed by atoms with van der Waals surface area (Å²) in [6, 6.07) is 5.92. The van der Waals surface area contributed by atoms with Crippen molar-refractivity contribution in [2.75, 3.05) is 6.79 Å². The minimum atomic E-state index is -0.903. The van der Waals surface area contributed by atoms with Gasteiger partial charge < -0.3 is 34.3 Å². The van der Waals surface area contributed by atoms with Crippen LogP contribution < -0.4 is 10.2 Å². The first kappa shape index (κ1) is 19.9. The fraction of sp³-hybridized carbons (Fsp3) is 0.200. The van der Waals surface area contributed by atoms with Gasteiger partial charge in [-0.25, -0.2) is 0 Å². The first-order valence-electron chi connectivity index (χ1n) is 8.53. The molecule has 0 atom stereocenters. The van der Waals surface area contributed by atoms with Gasteiger partial charge in [0.1, 0.15) is 22.5 Å². The fourth-order valence-corrected chi connectivity index (χ4v) is 2.56. The van der Waals surface area contributed by atoms with Crippen LogP contribution in [-0.2, 0) is 9.53 Å². The van der Waals surface area contributed by atoms with E-state index in [1.807, 2.05) is 0 Å². The standard InChI is InChI=1S/C20H18O9/c1-9(2)20(26)28-8-27-14-5-10(3-4-12(14)22)19-18(25)17(24)16-13(23)6-11(21)7-15(16)29-19/h3-7,9,21-23,25H,8H2,1-2H3. The van der Waals surface area contributed by atoms with Gasteiger partial charge in [-0.05, 0) is 18.2 Å². The lowest BCUT2D eigenvalue weighted by Gasteiger charge is -2.12. The van der Waals surface area contributed by atoms with Crippen LogP contribution in [0.4, 0.5) is 0 Å². The lowest BCUT2D eigenvalue weighted by molar-refractivity contribution is -0.154. The number of ether oxygens (including phenoxy) is 2. The second kappa shape index (κ2) is 7.63. The zero-order chi connectivity index (χ0) is 21.3. The number of aromatic hydroxyl groups is 4. The maximum Gasteiger partial charge on any atom is 0.311 e. The number of phenolic OH excluding ortho intramolecular Hbond substituents is 3. The van der Waals surface area contributed by atoms with Crippen LogP contribution in [0.25, 0.3) is 22.3 Å². The number of phenols is 3. The monoisotopic (exact) mass is 402 g/mol. The van der Waals surface area contributed by atoms with Gasteiger partial charge >= 0.3 is 5.97 Å². The molecule has 0 aliphatic heterocycles. The topological polar surface area (TPSA) is 147 Å². The predicted octanol–water partition coefficient (Wildman–Crippen LogP) is 2.82. The molecule has 1 aromatic heterocycles. The molecule has 0 radical (unpaired) electrons. The molecule has 4 N–H and O–H groups in total. The maximum absolute atomic E-state index is 12.4. The summed E-state index contributed by atoms with van der Waals surface area (Å²) in [4.78, 5) is 23.9. The van der Waals surface area contributed by atoms with Gasteiger partial charge in [0, 0.05) is 17.7 Å². The van der Waals surface area contributed by atoms with Crippen LogP contribution in [0.15, 0.2) is 39.5 Å². The van der Waals surface area contributed by atoms with E-state index < -0.39 is 29.7 Å². The molecule has 0 saturated carbocycles. The van der Waals surface area contributed by atoms with Crippen molar-refractivity contribution in [2.45, 2.75) is 13.8 Å². The quantitative estimate of drug-likeness (QED) is 0.373. The Bertz CT molecular complexity index is 1140. The highest BCUT2D eigenvalue weighted by atomic mass is 16.7. The number of hydrogen-bond acceptors (Lipinski definition) is 9. The summed E-state index contributed by atoms with van der Waals surface area (Å²) in [6.45, 7) is 2.85. The van der Waals surface area contributed by atoms with Crippen LogP contribution in [0, 0.1) is 5.92 Å². The normalized spacial score (nSPS) is 11.0. The van der Waals surface area contributed by atoms with Gasteiger partial charge in [0.25, 0.3) is 0 Å². The molecule has 2 aromatic carbocycles. The van der Waals surface area contributed by atoms with E-state index in [9.17, 15) is 30.0 Å². The Morgan fingerprint density at radius 3 is 2.48 bits per heavy atom. The molecule has 3 aromatic rings. The van der Waals surface area contributed by atoms with Gasteiger partial charge in [-0.15, -0.1) is 0 Å². The third-order valence-corrected chi connectivity index (χ3v) is 4.04. The summed E-state index contributed by atoms with van der Waals surface area (Å²) < 4.78 is 15.6. The molecule has 0 fully saturated rings. The van der Waals surface area contributed by atoms with Crippen molar-refractivity contribution in [2.24, 2.45) is 5.92 Å². The van der Waals surface area contributed by atoms with E-state index >= 15 is 0 Å². The number of benzene rings is 2. The van der Waals surface area contributed by atoms with Crippen molar-refractivity contribution in [3.05, 3.63) is 40.6 Å². The van der Waals surface area contributed by atoms with Crippen molar-refractivity contribution in [3.63, 3.8) is 0 Å². The lowest BCUT2D eigenvalue weighted by Crippen LogP contribution is -2.15. The summed E-state index contributed by atoms with van der Waals surface area (Å²) in [6.07, 6.45) is 0. The Balaban J connectivity index is 2.01. The molecule has 0 saturated heterocycles. The van der Waals surface area contributed by atoms with Crippen LogP contribution >= 0.6 is 0 Å². The molecule has 9 nitrogen and oxygen atoms in total. The van der Waals surface area contributed by atoms with E-state index in [2.05, 4.69) is 0 Å². The van der Waals surface area contributed by atoms with Crippen molar-refractivity contribution < 1.29 is 39.1 Å². The molecule has 0 spiro atoms. The Kier molecular flexibility index (Phi) is 5.22. The van der Waals surface area contributed by atoms with Crippen molar-refractivity contribution in [1.82, 2.24) is 0 Å². The number of carbonyl (C=O) groups excluding carboxylic acids is 1. The van der Waals surface area contributed by atoms with E-state index in [0.717, 1.165) is 12.1 Å². The van der Waals surface area contributed by atoms with Gasteiger partial charge in [0.2, 0.25) is 18.0 Å². The minimum absolute atomic E-state index is 0.0834. The Morgan fingerprint density at radius 1 is 1.07 bits per heavy atom. The number of carbonyl (C=O) groups is 1. The Labute approximate surface area is 164 Å². The molecular formula is C20H18O9. The zero-order valence-corrected chi connectivity index (χ0v) is 15.5. The summed E-state index contributed by atoms with van der Waals surface area (Å²) in [5, 5.41) is 39.4. The second-order valence-corrected chi connectivity index (χ2v) is 6.51. The van der Waals surface area contributed by atoms with E-state index in [1.165, 1.54) is 18.2 Å². The summed E-state index contributed by atoms with van der Waals surface area (Å²) in [5.74, 6) is -3.12. The van der Waals surface area contributed by atoms with Crippen LogP contribution in [0.5, 0.6) is 28.7 Å². The second-order valence-electron chi connectivity index (χ2n) is 6.51. The molecule has 0 aliphatic carbocycles. The summed E-state index contributed by atoms with van der Waals surface area (Å²) >= 11 is 0. The van der Waals surface area contributed by atoms with Gasteiger partial charge in [-0.3, -0.25) is 9.59 Å². The minimum Gasteiger partial charge on any atom is -0.508 e. The van der Waals surface area contributed by atoms with Crippen LogP contribution in [0.2, 0.25) is 0 Å². The molecule has 0 unspecified atom stereocenters. The van der Waals surface area contributed by atoms with Crippen molar-refractivity contribution in [1.29, 1.82) is 0 Å². The molecule has 152 valence electrons.